The standard InChI is InChI=1S/C26H32FN7O3/c1-15(2)36-25-17-6-7-22-19-10-18(21(27)11-23(19)30-29-22)20-12-28-33(5)26(20)37-16(3)13-32(4)14-24(17)34(31-25)8-9-35/h6-7,10-12,15-16,35H,8-9,13-14H2,1-5H3,(H,29,30)/b7-6+. The number of aliphatic hydroxyl groups excluding tert-OH is 1. The Morgan fingerprint density at radius 1 is 1.24 bits per heavy atom. The van der Waals surface area contributed by atoms with Crippen molar-refractivity contribution < 1.29 is 19.0 Å². The van der Waals surface area contributed by atoms with E-state index in [1.165, 1.54) is 6.07 Å². The summed E-state index contributed by atoms with van der Waals surface area (Å²) in [7, 11) is 3.77. The zero-order chi connectivity index (χ0) is 26.3. The third kappa shape index (κ3) is 4.84. The maximum absolute atomic E-state index is 15.2. The van der Waals surface area contributed by atoms with Crippen LogP contribution in [-0.2, 0) is 20.1 Å². The SMILES string of the molecule is CC(C)Oc1nn(CCO)c2c1/C=C/c1n[nH]c3cc(F)c(cc13)-c1cnn(C)c1OC(C)CN(C)C2. The zero-order valence-electron chi connectivity index (χ0n) is 21.7. The number of aliphatic hydroxyl groups is 1. The second-order valence-corrected chi connectivity index (χ2v) is 9.71. The highest BCUT2D eigenvalue weighted by atomic mass is 19.1. The summed E-state index contributed by atoms with van der Waals surface area (Å²) in [6, 6.07) is 3.22. The molecule has 2 bridgehead atoms. The molecule has 1 atom stereocenters. The zero-order valence-corrected chi connectivity index (χ0v) is 21.7. The highest BCUT2D eigenvalue weighted by Crippen LogP contribution is 2.36. The summed E-state index contributed by atoms with van der Waals surface area (Å²) in [5.74, 6) is 0.591. The van der Waals surface area contributed by atoms with E-state index in [0.717, 1.165) is 16.6 Å². The molecule has 5 rings (SSSR count). The molecule has 196 valence electrons. The van der Waals surface area contributed by atoms with Gasteiger partial charge in [-0.15, -0.1) is 5.10 Å². The Morgan fingerprint density at radius 2 is 2.05 bits per heavy atom. The molecule has 1 aliphatic rings. The van der Waals surface area contributed by atoms with Crippen molar-refractivity contribution in [2.24, 2.45) is 7.05 Å². The van der Waals surface area contributed by atoms with Crippen molar-refractivity contribution >= 4 is 23.1 Å². The Hall–Kier alpha value is -3.70. The van der Waals surface area contributed by atoms with Gasteiger partial charge in [-0.25, -0.2) is 9.07 Å². The van der Waals surface area contributed by atoms with Gasteiger partial charge in [0.05, 0.1) is 53.5 Å². The molecule has 11 heteroatoms. The first-order valence-corrected chi connectivity index (χ1v) is 12.4. The summed E-state index contributed by atoms with van der Waals surface area (Å²) in [6.45, 7) is 7.28. The molecule has 0 spiro atoms. The normalized spacial score (nSPS) is 17.4. The molecule has 0 aliphatic carbocycles. The molecule has 1 unspecified atom stereocenters. The molecule has 4 aromatic rings. The van der Waals surface area contributed by atoms with E-state index in [9.17, 15) is 5.11 Å². The van der Waals surface area contributed by atoms with Crippen molar-refractivity contribution in [2.45, 2.75) is 46.1 Å². The summed E-state index contributed by atoms with van der Waals surface area (Å²) in [5.41, 5.74) is 3.91. The molecule has 0 fully saturated rings. The van der Waals surface area contributed by atoms with Gasteiger partial charge in [0, 0.05) is 37.2 Å². The molecule has 0 radical (unpaired) electrons. The quantitative estimate of drug-likeness (QED) is 0.434. The Labute approximate surface area is 214 Å². The molecule has 0 saturated carbocycles. The Balaban J connectivity index is 1.71. The van der Waals surface area contributed by atoms with Crippen LogP contribution in [0, 0.1) is 5.82 Å². The number of rotatable bonds is 4. The van der Waals surface area contributed by atoms with Gasteiger partial charge >= 0.3 is 0 Å². The predicted molar refractivity (Wildman–Crippen MR) is 139 cm³/mol. The van der Waals surface area contributed by atoms with Crippen LogP contribution < -0.4 is 9.47 Å². The Bertz CT molecular complexity index is 1450. The highest BCUT2D eigenvalue weighted by Gasteiger charge is 2.24. The maximum atomic E-state index is 15.2. The molecule has 1 aromatic carbocycles. The lowest BCUT2D eigenvalue weighted by Crippen LogP contribution is -2.32. The number of benzene rings is 1. The predicted octanol–water partition coefficient (Wildman–Crippen LogP) is 3.46. The van der Waals surface area contributed by atoms with Crippen molar-refractivity contribution in [1.82, 2.24) is 34.7 Å². The number of aromatic amines is 1. The summed E-state index contributed by atoms with van der Waals surface area (Å²) in [5, 5.41) is 26.8. The van der Waals surface area contributed by atoms with Gasteiger partial charge in [0.15, 0.2) is 0 Å². The lowest BCUT2D eigenvalue weighted by Gasteiger charge is -2.23. The minimum absolute atomic E-state index is 0.0518. The molecule has 10 nitrogen and oxygen atoms in total. The van der Waals surface area contributed by atoms with Crippen molar-refractivity contribution in [3.8, 4) is 22.9 Å². The van der Waals surface area contributed by atoms with Crippen LogP contribution in [0.3, 0.4) is 0 Å². The van der Waals surface area contributed by atoms with Crippen molar-refractivity contribution in [3.05, 3.63) is 41.1 Å². The molecule has 2 N–H and O–H groups in total. The van der Waals surface area contributed by atoms with E-state index in [-0.39, 0.29) is 24.6 Å². The topological polar surface area (TPSA) is 106 Å². The van der Waals surface area contributed by atoms with Crippen LogP contribution in [0.25, 0.3) is 34.2 Å². The fraction of sp³-hybridized carbons (Fsp3) is 0.423. The second-order valence-electron chi connectivity index (χ2n) is 9.71. The Kier molecular flexibility index (Phi) is 6.74. The van der Waals surface area contributed by atoms with Crippen LogP contribution in [0.4, 0.5) is 4.39 Å². The molecule has 0 saturated heterocycles. The van der Waals surface area contributed by atoms with Gasteiger partial charge in [0.25, 0.3) is 0 Å². The fourth-order valence-corrected chi connectivity index (χ4v) is 4.70. The van der Waals surface area contributed by atoms with Gasteiger partial charge in [-0.2, -0.15) is 10.2 Å². The van der Waals surface area contributed by atoms with Gasteiger partial charge in [-0.3, -0.25) is 14.7 Å². The summed E-state index contributed by atoms with van der Waals surface area (Å²) >= 11 is 0. The lowest BCUT2D eigenvalue weighted by atomic mass is 10.0. The number of fused-ring (bicyclic) bond motifs is 4. The first-order valence-electron chi connectivity index (χ1n) is 12.4. The van der Waals surface area contributed by atoms with Gasteiger partial charge < -0.3 is 14.6 Å². The number of aryl methyl sites for hydroxylation is 1. The second kappa shape index (κ2) is 9.98. The van der Waals surface area contributed by atoms with Gasteiger partial charge in [-0.05, 0) is 46.0 Å². The van der Waals surface area contributed by atoms with Crippen LogP contribution in [0.15, 0.2) is 18.3 Å². The molecule has 4 heterocycles. The third-order valence-corrected chi connectivity index (χ3v) is 6.29. The molecule has 3 aromatic heterocycles. The van der Waals surface area contributed by atoms with Crippen LogP contribution in [0.5, 0.6) is 11.8 Å². The number of halogens is 1. The van der Waals surface area contributed by atoms with Crippen LogP contribution in [0.1, 0.15) is 37.7 Å². The molecule has 0 amide bonds. The van der Waals surface area contributed by atoms with Crippen LogP contribution in [-0.4, -0.2) is 72.2 Å². The summed E-state index contributed by atoms with van der Waals surface area (Å²) in [6.07, 6.45) is 5.12. The monoisotopic (exact) mass is 509 g/mol. The fourth-order valence-electron chi connectivity index (χ4n) is 4.70. The third-order valence-electron chi connectivity index (χ3n) is 6.29. The van der Waals surface area contributed by atoms with E-state index in [1.54, 1.807) is 28.7 Å². The minimum atomic E-state index is -0.390. The molecule has 37 heavy (non-hydrogen) atoms. The smallest absolute Gasteiger partial charge is 0.240 e. The van der Waals surface area contributed by atoms with E-state index in [2.05, 4.69) is 25.3 Å². The minimum Gasteiger partial charge on any atom is -0.473 e. The maximum Gasteiger partial charge on any atom is 0.240 e. The van der Waals surface area contributed by atoms with Crippen LogP contribution in [0.2, 0.25) is 0 Å². The van der Waals surface area contributed by atoms with Gasteiger partial charge in [-0.1, -0.05) is 0 Å². The van der Waals surface area contributed by atoms with Crippen LogP contribution >= 0.6 is 0 Å². The summed E-state index contributed by atoms with van der Waals surface area (Å²) < 4.78 is 31.0. The molecular weight excluding hydrogens is 477 g/mol. The van der Waals surface area contributed by atoms with Crippen molar-refractivity contribution in [3.63, 3.8) is 0 Å². The van der Waals surface area contributed by atoms with Gasteiger partial charge in [0.2, 0.25) is 11.8 Å². The first-order chi connectivity index (χ1) is 17.7. The largest absolute Gasteiger partial charge is 0.473 e. The van der Waals surface area contributed by atoms with E-state index in [1.807, 2.05) is 40.0 Å². The number of H-pyrrole nitrogens is 1. The summed E-state index contributed by atoms with van der Waals surface area (Å²) in [4.78, 5) is 2.12. The van der Waals surface area contributed by atoms with Gasteiger partial charge in [0.1, 0.15) is 11.9 Å². The average Bonchev–Trinajstić information content (AvgIpc) is 3.47. The number of hydrogen-bond acceptors (Lipinski definition) is 7. The van der Waals surface area contributed by atoms with Crippen molar-refractivity contribution in [1.29, 1.82) is 0 Å². The lowest BCUT2D eigenvalue weighted by molar-refractivity contribution is 0.146. The number of aromatic nitrogens is 6. The number of nitrogens with one attached hydrogen (secondary N) is 1. The Morgan fingerprint density at radius 3 is 2.81 bits per heavy atom. The van der Waals surface area contributed by atoms with E-state index >= 15 is 4.39 Å². The number of likely N-dealkylation sites (N-methyl/N-ethyl adjacent to an activating group) is 1. The van der Waals surface area contributed by atoms with E-state index in [4.69, 9.17) is 9.47 Å². The number of nitrogens with zero attached hydrogens (tertiary/aromatic N) is 6. The number of hydrogen-bond donors (Lipinski definition) is 2. The highest BCUT2D eigenvalue weighted by molar-refractivity contribution is 5.93. The average molecular weight is 510 g/mol. The molecular formula is C26H32FN7O3. The molecule has 1 aliphatic heterocycles. The van der Waals surface area contributed by atoms with E-state index in [0.29, 0.717) is 53.7 Å². The first kappa shape index (κ1) is 25.0. The van der Waals surface area contributed by atoms with E-state index < -0.39 is 0 Å². The number of ether oxygens (including phenoxy) is 2. The van der Waals surface area contributed by atoms with Crippen molar-refractivity contribution in [2.75, 3.05) is 20.2 Å².